The molecule has 0 spiro atoms. The molecule has 2 aromatic carbocycles. The van der Waals surface area contributed by atoms with E-state index in [4.69, 9.17) is 9.47 Å². The molecule has 0 atom stereocenters. The summed E-state index contributed by atoms with van der Waals surface area (Å²) in [5.74, 6) is 2.07. The number of hydrogen-bond acceptors (Lipinski definition) is 5. The van der Waals surface area contributed by atoms with Gasteiger partial charge in [-0.15, -0.1) is 0 Å². The molecular weight excluding hydrogens is 314 g/mol. The van der Waals surface area contributed by atoms with Gasteiger partial charge < -0.3 is 14.8 Å². The van der Waals surface area contributed by atoms with E-state index < -0.39 is 0 Å². The molecule has 0 amide bonds. The lowest BCUT2D eigenvalue weighted by atomic mass is 10.1. The second-order valence-electron chi connectivity index (χ2n) is 5.29. The van der Waals surface area contributed by atoms with Crippen LogP contribution in [0.5, 0.6) is 11.5 Å². The SMILES string of the molecule is COc1ccc(Nc2nc(-c3ccc(OC)cc3)ccc2C#N)cc1. The second kappa shape index (κ2) is 7.37. The molecule has 0 radical (unpaired) electrons. The number of rotatable bonds is 5. The van der Waals surface area contributed by atoms with Gasteiger partial charge in [0.1, 0.15) is 23.4 Å². The molecule has 1 aromatic heterocycles. The second-order valence-corrected chi connectivity index (χ2v) is 5.29. The first-order chi connectivity index (χ1) is 12.2. The average molecular weight is 331 g/mol. The maximum atomic E-state index is 9.34. The van der Waals surface area contributed by atoms with E-state index in [1.807, 2.05) is 54.6 Å². The lowest BCUT2D eigenvalue weighted by Crippen LogP contribution is -1.98. The Morgan fingerprint density at radius 2 is 1.44 bits per heavy atom. The normalized spacial score (nSPS) is 9.96. The maximum Gasteiger partial charge on any atom is 0.149 e. The smallest absolute Gasteiger partial charge is 0.149 e. The number of benzene rings is 2. The Labute approximate surface area is 146 Å². The van der Waals surface area contributed by atoms with Crippen LogP contribution < -0.4 is 14.8 Å². The first-order valence-corrected chi connectivity index (χ1v) is 7.70. The summed E-state index contributed by atoms with van der Waals surface area (Å²) in [4.78, 5) is 4.60. The van der Waals surface area contributed by atoms with E-state index in [0.29, 0.717) is 11.4 Å². The van der Waals surface area contributed by atoms with Crippen LogP contribution in [-0.4, -0.2) is 19.2 Å². The number of aromatic nitrogens is 1. The number of pyridine rings is 1. The van der Waals surface area contributed by atoms with Gasteiger partial charge in [-0.25, -0.2) is 4.98 Å². The van der Waals surface area contributed by atoms with Gasteiger partial charge in [-0.1, -0.05) is 0 Å². The van der Waals surface area contributed by atoms with Crippen LogP contribution in [0.4, 0.5) is 11.5 Å². The van der Waals surface area contributed by atoms with E-state index in [-0.39, 0.29) is 0 Å². The molecule has 0 saturated heterocycles. The van der Waals surface area contributed by atoms with Crippen LogP contribution in [0.2, 0.25) is 0 Å². The fourth-order valence-electron chi connectivity index (χ4n) is 2.38. The summed E-state index contributed by atoms with van der Waals surface area (Å²) < 4.78 is 10.3. The van der Waals surface area contributed by atoms with Gasteiger partial charge in [0.05, 0.1) is 25.5 Å². The third-order valence-corrected chi connectivity index (χ3v) is 3.75. The predicted octanol–water partition coefficient (Wildman–Crippen LogP) is 4.38. The van der Waals surface area contributed by atoms with E-state index in [1.54, 1.807) is 20.3 Å². The molecule has 3 rings (SSSR count). The molecule has 0 saturated carbocycles. The number of ether oxygens (including phenoxy) is 2. The third-order valence-electron chi connectivity index (χ3n) is 3.75. The zero-order chi connectivity index (χ0) is 17.6. The van der Waals surface area contributed by atoms with Crippen molar-refractivity contribution in [2.45, 2.75) is 0 Å². The van der Waals surface area contributed by atoms with Gasteiger partial charge in [0, 0.05) is 11.3 Å². The molecule has 124 valence electrons. The number of methoxy groups -OCH3 is 2. The van der Waals surface area contributed by atoms with Crippen LogP contribution in [0.25, 0.3) is 11.3 Å². The number of hydrogen-bond donors (Lipinski definition) is 1. The van der Waals surface area contributed by atoms with Crippen molar-refractivity contribution in [1.82, 2.24) is 4.98 Å². The van der Waals surface area contributed by atoms with Gasteiger partial charge in [-0.2, -0.15) is 5.26 Å². The monoisotopic (exact) mass is 331 g/mol. The third kappa shape index (κ3) is 3.70. The molecule has 0 aliphatic rings. The van der Waals surface area contributed by atoms with Crippen molar-refractivity contribution >= 4 is 11.5 Å². The number of anilines is 2. The summed E-state index contributed by atoms with van der Waals surface area (Å²) in [7, 11) is 3.25. The predicted molar refractivity (Wildman–Crippen MR) is 97.2 cm³/mol. The lowest BCUT2D eigenvalue weighted by Gasteiger charge is -2.10. The van der Waals surface area contributed by atoms with E-state index in [9.17, 15) is 5.26 Å². The number of nitrogens with zero attached hydrogens (tertiary/aromatic N) is 2. The maximum absolute atomic E-state index is 9.34. The Balaban J connectivity index is 1.92. The quantitative estimate of drug-likeness (QED) is 0.751. The Hall–Kier alpha value is -3.52. The summed E-state index contributed by atoms with van der Waals surface area (Å²) in [6.07, 6.45) is 0. The molecule has 25 heavy (non-hydrogen) atoms. The Morgan fingerprint density at radius 3 is 2.00 bits per heavy atom. The van der Waals surface area contributed by atoms with Crippen LogP contribution in [0, 0.1) is 11.3 Å². The standard InChI is InChI=1S/C20H17N3O2/c1-24-17-8-3-14(4-9-17)19-12-5-15(13-21)20(23-19)22-16-6-10-18(25-2)11-7-16/h3-12H,1-2H3,(H,22,23). The molecule has 0 unspecified atom stereocenters. The van der Waals surface area contributed by atoms with Crippen LogP contribution >= 0.6 is 0 Å². The van der Waals surface area contributed by atoms with E-state index >= 15 is 0 Å². The highest BCUT2D eigenvalue weighted by molar-refractivity contribution is 5.69. The first kappa shape index (κ1) is 16.3. The van der Waals surface area contributed by atoms with Crippen LogP contribution in [-0.2, 0) is 0 Å². The van der Waals surface area contributed by atoms with Crippen molar-refractivity contribution in [2.24, 2.45) is 0 Å². The molecular formula is C20H17N3O2. The molecule has 3 aromatic rings. The van der Waals surface area contributed by atoms with Gasteiger partial charge in [0.25, 0.3) is 0 Å². The molecule has 0 bridgehead atoms. The van der Waals surface area contributed by atoms with Gasteiger partial charge in [0.15, 0.2) is 0 Å². The van der Waals surface area contributed by atoms with E-state index in [2.05, 4.69) is 16.4 Å². The molecule has 1 heterocycles. The zero-order valence-corrected chi connectivity index (χ0v) is 14.0. The molecule has 5 nitrogen and oxygen atoms in total. The molecule has 1 N–H and O–H groups in total. The number of nitrogens with one attached hydrogen (secondary N) is 1. The fraction of sp³-hybridized carbons (Fsp3) is 0.100. The molecule has 0 fully saturated rings. The summed E-state index contributed by atoms with van der Waals surface area (Å²) >= 11 is 0. The Kier molecular flexibility index (Phi) is 4.82. The minimum atomic E-state index is 0.480. The first-order valence-electron chi connectivity index (χ1n) is 7.70. The largest absolute Gasteiger partial charge is 0.497 e. The van der Waals surface area contributed by atoms with Crippen molar-refractivity contribution in [3.05, 3.63) is 66.2 Å². The highest BCUT2D eigenvalue weighted by Crippen LogP contribution is 2.26. The lowest BCUT2D eigenvalue weighted by molar-refractivity contribution is 0.415. The highest BCUT2D eigenvalue weighted by Gasteiger charge is 2.08. The van der Waals surface area contributed by atoms with Crippen LogP contribution in [0.1, 0.15) is 5.56 Å². The average Bonchev–Trinajstić information content (AvgIpc) is 2.68. The molecule has 5 heteroatoms. The highest BCUT2D eigenvalue weighted by atomic mass is 16.5. The van der Waals surface area contributed by atoms with Crippen LogP contribution in [0.15, 0.2) is 60.7 Å². The van der Waals surface area contributed by atoms with Gasteiger partial charge in [-0.3, -0.25) is 0 Å². The van der Waals surface area contributed by atoms with Crippen molar-refractivity contribution in [2.75, 3.05) is 19.5 Å². The van der Waals surface area contributed by atoms with Crippen LogP contribution in [0.3, 0.4) is 0 Å². The van der Waals surface area contributed by atoms with Gasteiger partial charge in [0.2, 0.25) is 0 Å². The fourth-order valence-corrected chi connectivity index (χ4v) is 2.38. The number of nitriles is 1. The minimum absolute atomic E-state index is 0.480. The Morgan fingerprint density at radius 1 is 0.840 bits per heavy atom. The van der Waals surface area contributed by atoms with Crippen molar-refractivity contribution in [1.29, 1.82) is 5.26 Å². The molecule has 0 aliphatic heterocycles. The summed E-state index contributed by atoms with van der Waals surface area (Å²) in [6.45, 7) is 0. The zero-order valence-electron chi connectivity index (χ0n) is 14.0. The summed E-state index contributed by atoms with van der Waals surface area (Å²) in [5, 5.41) is 12.5. The topological polar surface area (TPSA) is 67.2 Å². The van der Waals surface area contributed by atoms with Gasteiger partial charge >= 0.3 is 0 Å². The van der Waals surface area contributed by atoms with Gasteiger partial charge in [-0.05, 0) is 60.7 Å². The van der Waals surface area contributed by atoms with Crippen molar-refractivity contribution in [3.63, 3.8) is 0 Å². The Bertz CT molecular complexity index is 898. The minimum Gasteiger partial charge on any atom is -0.497 e. The summed E-state index contributed by atoms with van der Waals surface area (Å²) in [6, 6.07) is 20.8. The summed E-state index contributed by atoms with van der Waals surface area (Å²) in [5.41, 5.74) is 3.03. The van der Waals surface area contributed by atoms with E-state index in [1.165, 1.54) is 0 Å². The van der Waals surface area contributed by atoms with Crippen molar-refractivity contribution in [3.8, 4) is 28.8 Å². The van der Waals surface area contributed by atoms with Crippen molar-refractivity contribution < 1.29 is 9.47 Å². The van der Waals surface area contributed by atoms with E-state index in [0.717, 1.165) is 28.4 Å². The molecule has 0 aliphatic carbocycles.